The second kappa shape index (κ2) is 6.94. The Bertz CT molecular complexity index is 487. The molecule has 0 aliphatic carbocycles. The monoisotopic (exact) mass is 291 g/mol. The third-order valence-electron chi connectivity index (χ3n) is 3.89. The van der Waals surface area contributed by atoms with Crippen molar-refractivity contribution >= 4 is 5.91 Å². The summed E-state index contributed by atoms with van der Waals surface area (Å²) in [6, 6.07) is 7.87. The van der Waals surface area contributed by atoms with Gasteiger partial charge in [0.1, 0.15) is 5.75 Å². The summed E-state index contributed by atoms with van der Waals surface area (Å²) in [6.45, 7) is 7.14. The van der Waals surface area contributed by atoms with E-state index in [4.69, 9.17) is 4.74 Å². The molecule has 116 valence electrons. The molecule has 2 unspecified atom stereocenters. The van der Waals surface area contributed by atoms with Gasteiger partial charge in [0.2, 0.25) is 0 Å². The average Bonchev–Trinajstić information content (AvgIpc) is 2.46. The van der Waals surface area contributed by atoms with Crippen LogP contribution in [0.3, 0.4) is 0 Å². The molecule has 1 N–H and O–H groups in total. The maximum Gasteiger partial charge on any atom is 0.263 e. The van der Waals surface area contributed by atoms with Crippen LogP contribution in [0.2, 0.25) is 0 Å². The van der Waals surface area contributed by atoms with Crippen LogP contribution >= 0.6 is 0 Å². The Morgan fingerprint density at radius 3 is 2.81 bits per heavy atom. The molecular weight excluding hydrogens is 266 g/mol. The van der Waals surface area contributed by atoms with Gasteiger partial charge in [0, 0.05) is 13.1 Å². The number of aliphatic hydroxyl groups is 1. The van der Waals surface area contributed by atoms with Gasteiger partial charge in [-0.3, -0.25) is 4.79 Å². The Morgan fingerprint density at radius 1 is 1.38 bits per heavy atom. The van der Waals surface area contributed by atoms with Crippen LogP contribution < -0.4 is 4.74 Å². The summed E-state index contributed by atoms with van der Waals surface area (Å²) >= 11 is 0. The highest BCUT2D eigenvalue weighted by Gasteiger charge is 2.26. The summed E-state index contributed by atoms with van der Waals surface area (Å²) in [5, 5.41) is 9.66. The number of rotatable bonds is 4. The molecular formula is C17H25NO3. The first-order chi connectivity index (χ1) is 9.97. The molecule has 21 heavy (non-hydrogen) atoms. The fraction of sp³-hybridized carbons (Fsp3) is 0.588. The van der Waals surface area contributed by atoms with Gasteiger partial charge >= 0.3 is 0 Å². The van der Waals surface area contributed by atoms with Crippen molar-refractivity contribution in [3.63, 3.8) is 0 Å². The lowest BCUT2D eigenvalue weighted by molar-refractivity contribution is -0.141. The molecule has 1 amide bonds. The topological polar surface area (TPSA) is 49.8 Å². The van der Waals surface area contributed by atoms with Crippen LogP contribution in [0.4, 0.5) is 0 Å². The number of hydrogen-bond acceptors (Lipinski definition) is 3. The second-order valence-corrected chi connectivity index (χ2v) is 6.07. The number of β-amino-alcohol motifs (C(OH)–C–C–N with tert-alkyl or cyclic N) is 1. The number of aliphatic hydroxyl groups excluding tert-OH is 1. The number of amides is 1. The smallest absolute Gasteiger partial charge is 0.263 e. The normalized spacial score (nSPS) is 20.4. The minimum atomic E-state index is -0.530. The van der Waals surface area contributed by atoms with E-state index in [-0.39, 0.29) is 5.91 Å². The molecule has 2 atom stereocenters. The Hall–Kier alpha value is -1.55. The van der Waals surface area contributed by atoms with E-state index in [0.29, 0.717) is 19.0 Å². The fourth-order valence-electron chi connectivity index (χ4n) is 2.61. The van der Waals surface area contributed by atoms with Gasteiger partial charge in [-0.15, -0.1) is 0 Å². The van der Waals surface area contributed by atoms with E-state index in [2.05, 4.69) is 19.9 Å². The lowest BCUT2D eigenvalue weighted by Crippen LogP contribution is -2.47. The second-order valence-electron chi connectivity index (χ2n) is 6.07. The largest absolute Gasteiger partial charge is 0.481 e. The van der Waals surface area contributed by atoms with Crippen LogP contribution in [0.5, 0.6) is 5.75 Å². The van der Waals surface area contributed by atoms with Crippen LogP contribution in [0, 0.1) is 0 Å². The Kier molecular flexibility index (Phi) is 5.23. The number of benzene rings is 1. The zero-order valence-electron chi connectivity index (χ0n) is 13.1. The van der Waals surface area contributed by atoms with E-state index in [9.17, 15) is 9.90 Å². The van der Waals surface area contributed by atoms with Gasteiger partial charge in [0.25, 0.3) is 5.91 Å². The van der Waals surface area contributed by atoms with E-state index in [1.54, 1.807) is 11.8 Å². The molecule has 1 aromatic carbocycles. The maximum absolute atomic E-state index is 12.4. The summed E-state index contributed by atoms with van der Waals surface area (Å²) < 4.78 is 5.78. The molecule has 4 heteroatoms. The molecule has 1 heterocycles. The molecule has 0 bridgehead atoms. The van der Waals surface area contributed by atoms with Gasteiger partial charge in [-0.2, -0.15) is 0 Å². The molecule has 1 fully saturated rings. The first-order valence-corrected chi connectivity index (χ1v) is 7.71. The molecule has 0 saturated carbocycles. The van der Waals surface area contributed by atoms with Gasteiger partial charge in [-0.05, 0) is 43.4 Å². The van der Waals surface area contributed by atoms with Crippen molar-refractivity contribution in [2.75, 3.05) is 13.1 Å². The van der Waals surface area contributed by atoms with Gasteiger partial charge < -0.3 is 14.7 Å². The van der Waals surface area contributed by atoms with Crippen LogP contribution in [0.25, 0.3) is 0 Å². The quantitative estimate of drug-likeness (QED) is 0.927. The molecule has 1 aliphatic rings. The predicted octanol–water partition coefficient (Wildman–Crippen LogP) is 2.56. The van der Waals surface area contributed by atoms with Crippen molar-refractivity contribution in [1.82, 2.24) is 4.90 Å². The molecule has 4 nitrogen and oxygen atoms in total. The standard InChI is InChI=1S/C17H25NO3/c1-12(2)14-6-4-8-16(10-14)21-13(3)17(20)18-9-5-7-15(19)11-18/h4,6,8,10,12-13,15,19H,5,7,9,11H2,1-3H3. The number of hydrogen-bond donors (Lipinski definition) is 1. The van der Waals surface area contributed by atoms with E-state index in [1.807, 2.05) is 18.2 Å². The average molecular weight is 291 g/mol. The first-order valence-electron chi connectivity index (χ1n) is 7.71. The molecule has 1 aromatic rings. The number of ether oxygens (including phenoxy) is 1. The maximum atomic E-state index is 12.4. The molecule has 0 radical (unpaired) electrons. The summed E-state index contributed by atoms with van der Waals surface area (Å²) in [7, 11) is 0. The predicted molar refractivity (Wildman–Crippen MR) is 82.4 cm³/mol. The summed E-state index contributed by atoms with van der Waals surface area (Å²) in [5.74, 6) is 1.10. The van der Waals surface area contributed by atoms with E-state index in [0.717, 1.165) is 18.6 Å². The number of nitrogens with zero attached hydrogens (tertiary/aromatic N) is 1. The number of likely N-dealkylation sites (tertiary alicyclic amines) is 1. The number of carbonyl (C=O) groups is 1. The molecule has 1 aliphatic heterocycles. The number of carbonyl (C=O) groups excluding carboxylic acids is 1. The van der Waals surface area contributed by atoms with Crippen molar-refractivity contribution < 1.29 is 14.6 Å². The van der Waals surface area contributed by atoms with Crippen molar-refractivity contribution in [1.29, 1.82) is 0 Å². The third-order valence-corrected chi connectivity index (χ3v) is 3.89. The van der Waals surface area contributed by atoms with Gasteiger partial charge in [-0.1, -0.05) is 26.0 Å². The highest BCUT2D eigenvalue weighted by Crippen LogP contribution is 2.21. The SMILES string of the molecule is CC(Oc1cccc(C(C)C)c1)C(=O)N1CCCC(O)C1. The van der Waals surface area contributed by atoms with E-state index in [1.165, 1.54) is 5.56 Å². The van der Waals surface area contributed by atoms with E-state index < -0.39 is 12.2 Å². The number of piperidine rings is 1. The van der Waals surface area contributed by atoms with Crippen LogP contribution in [-0.2, 0) is 4.79 Å². The minimum Gasteiger partial charge on any atom is -0.481 e. The Morgan fingerprint density at radius 2 is 2.14 bits per heavy atom. The summed E-state index contributed by atoms with van der Waals surface area (Å²) in [4.78, 5) is 14.1. The summed E-state index contributed by atoms with van der Waals surface area (Å²) in [5.41, 5.74) is 1.19. The molecule has 0 spiro atoms. The lowest BCUT2D eigenvalue weighted by Gasteiger charge is -2.32. The summed E-state index contributed by atoms with van der Waals surface area (Å²) in [6.07, 6.45) is 0.689. The minimum absolute atomic E-state index is 0.0521. The fourth-order valence-corrected chi connectivity index (χ4v) is 2.61. The molecule has 2 rings (SSSR count). The van der Waals surface area contributed by atoms with Crippen LogP contribution in [0.1, 0.15) is 45.1 Å². The highest BCUT2D eigenvalue weighted by molar-refractivity contribution is 5.81. The Balaban J connectivity index is 1.98. The van der Waals surface area contributed by atoms with Crippen molar-refractivity contribution in [2.24, 2.45) is 0 Å². The van der Waals surface area contributed by atoms with Gasteiger partial charge in [0.05, 0.1) is 6.10 Å². The third kappa shape index (κ3) is 4.21. The zero-order valence-corrected chi connectivity index (χ0v) is 13.1. The van der Waals surface area contributed by atoms with Crippen LogP contribution in [-0.4, -0.2) is 41.2 Å². The van der Waals surface area contributed by atoms with Crippen molar-refractivity contribution in [2.45, 2.75) is 51.7 Å². The molecule has 1 saturated heterocycles. The first kappa shape index (κ1) is 15.8. The van der Waals surface area contributed by atoms with Crippen LogP contribution in [0.15, 0.2) is 24.3 Å². The van der Waals surface area contributed by atoms with Gasteiger partial charge in [0.15, 0.2) is 6.10 Å². The lowest BCUT2D eigenvalue weighted by atomic mass is 10.0. The molecule has 0 aromatic heterocycles. The highest BCUT2D eigenvalue weighted by atomic mass is 16.5. The van der Waals surface area contributed by atoms with Crippen molar-refractivity contribution in [3.8, 4) is 5.75 Å². The van der Waals surface area contributed by atoms with E-state index >= 15 is 0 Å². The van der Waals surface area contributed by atoms with Crippen molar-refractivity contribution in [3.05, 3.63) is 29.8 Å². The van der Waals surface area contributed by atoms with Gasteiger partial charge in [-0.25, -0.2) is 0 Å². The Labute approximate surface area is 126 Å². The zero-order chi connectivity index (χ0) is 15.4.